The third-order valence-electron chi connectivity index (χ3n) is 2.40. The molecule has 4 heteroatoms. The lowest BCUT2D eigenvalue weighted by Crippen LogP contribution is -2.14. The van der Waals surface area contributed by atoms with Crippen molar-refractivity contribution >= 4 is 29.2 Å². The maximum absolute atomic E-state index is 11.6. The van der Waals surface area contributed by atoms with Crippen molar-refractivity contribution in [3.63, 3.8) is 0 Å². The molecule has 0 aliphatic heterocycles. The zero-order chi connectivity index (χ0) is 12.1. The minimum Gasteiger partial charge on any atom is -0.469 e. The summed E-state index contributed by atoms with van der Waals surface area (Å²) in [6, 6.07) is 5.15. The predicted molar refractivity (Wildman–Crippen MR) is 66.1 cm³/mol. The van der Waals surface area contributed by atoms with Gasteiger partial charge in [0.2, 0.25) is 0 Å². The van der Waals surface area contributed by atoms with Crippen LogP contribution in [-0.4, -0.2) is 13.1 Å². The number of hydrogen-bond acceptors (Lipinski definition) is 2. The van der Waals surface area contributed by atoms with Crippen LogP contribution in [0.15, 0.2) is 18.2 Å². The zero-order valence-electron chi connectivity index (χ0n) is 9.30. The van der Waals surface area contributed by atoms with Crippen molar-refractivity contribution in [1.29, 1.82) is 0 Å². The number of carbonyl (C=O) groups excluding carboxylic acids is 1. The molecule has 0 radical (unpaired) electrons. The summed E-state index contributed by atoms with van der Waals surface area (Å²) in [6.07, 6.45) is 1.60. The van der Waals surface area contributed by atoms with Crippen LogP contribution in [-0.2, 0) is 9.53 Å². The fourth-order valence-electron chi connectivity index (χ4n) is 1.62. The van der Waals surface area contributed by atoms with E-state index in [9.17, 15) is 4.79 Å². The predicted octanol–water partition coefficient (Wildman–Crippen LogP) is 4.05. The van der Waals surface area contributed by atoms with Gasteiger partial charge in [-0.05, 0) is 24.1 Å². The average Bonchev–Trinajstić information content (AvgIpc) is 2.26. The van der Waals surface area contributed by atoms with E-state index < -0.39 is 0 Å². The Hall–Kier alpha value is -0.730. The van der Waals surface area contributed by atoms with Crippen molar-refractivity contribution in [2.75, 3.05) is 7.11 Å². The molecule has 0 N–H and O–H groups in total. The molecule has 0 heterocycles. The molecule has 2 nitrogen and oxygen atoms in total. The standard InChI is InChI=1S/C12H14Cl2O2/c1-3-4-10(12(15)16-2)9-6-5-8(13)7-11(9)14/h5-7,10H,3-4H2,1-2H3. The lowest BCUT2D eigenvalue weighted by molar-refractivity contribution is -0.142. The van der Waals surface area contributed by atoms with Crippen molar-refractivity contribution < 1.29 is 9.53 Å². The van der Waals surface area contributed by atoms with Gasteiger partial charge in [-0.2, -0.15) is 0 Å². The molecular formula is C12H14Cl2O2. The third kappa shape index (κ3) is 3.13. The van der Waals surface area contributed by atoms with Crippen LogP contribution in [0, 0.1) is 0 Å². The number of benzene rings is 1. The van der Waals surface area contributed by atoms with E-state index in [2.05, 4.69) is 0 Å². The normalized spacial score (nSPS) is 12.2. The van der Waals surface area contributed by atoms with E-state index in [0.717, 1.165) is 12.0 Å². The Kier molecular flexibility index (Phi) is 5.10. The van der Waals surface area contributed by atoms with Crippen LogP contribution in [0.3, 0.4) is 0 Å². The number of ether oxygens (including phenoxy) is 1. The molecule has 1 aromatic rings. The minimum absolute atomic E-state index is 0.258. The van der Waals surface area contributed by atoms with E-state index in [1.807, 2.05) is 6.92 Å². The van der Waals surface area contributed by atoms with Gasteiger partial charge in [0, 0.05) is 10.0 Å². The van der Waals surface area contributed by atoms with Crippen molar-refractivity contribution in [3.05, 3.63) is 33.8 Å². The summed E-state index contributed by atoms with van der Waals surface area (Å²) in [5, 5.41) is 1.07. The SMILES string of the molecule is CCCC(C(=O)OC)c1ccc(Cl)cc1Cl. The van der Waals surface area contributed by atoms with Gasteiger partial charge in [0.1, 0.15) is 0 Å². The smallest absolute Gasteiger partial charge is 0.313 e. The molecule has 1 aromatic carbocycles. The number of methoxy groups -OCH3 is 1. The van der Waals surface area contributed by atoms with Gasteiger partial charge in [0.25, 0.3) is 0 Å². The van der Waals surface area contributed by atoms with Crippen LogP contribution in [0.2, 0.25) is 10.0 Å². The number of hydrogen-bond donors (Lipinski definition) is 0. The van der Waals surface area contributed by atoms with Crippen LogP contribution in [0.4, 0.5) is 0 Å². The summed E-state index contributed by atoms with van der Waals surface area (Å²) in [6.45, 7) is 2.01. The summed E-state index contributed by atoms with van der Waals surface area (Å²) >= 11 is 11.9. The van der Waals surface area contributed by atoms with Gasteiger partial charge in [-0.1, -0.05) is 42.6 Å². The van der Waals surface area contributed by atoms with Crippen LogP contribution in [0.1, 0.15) is 31.2 Å². The monoisotopic (exact) mass is 260 g/mol. The van der Waals surface area contributed by atoms with E-state index in [1.165, 1.54) is 7.11 Å². The van der Waals surface area contributed by atoms with E-state index in [1.54, 1.807) is 18.2 Å². The highest BCUT2D eigenvalue weighted by Crippen LogP contribution is 2.31. The Morgan fingerprint density at radius 2 is 2.12 bits per heavy atom. The number of halogens is 2. The third-order valence-corrected chi connectivity index (χ3v) is 2.96. The first-order valence-corrected chi connectivity index (χ1v) is 5.88. The average molecular weight is 261 g/mol. The summed E-state index contributed by atoms with van der Waals surface area (Å²) in [7, 11) is 1.38. The van der Waals surface area contributed by atoms with E-state index in [0.29, 0.717) is 16.5 Å². The van der Waals surface area contributed by atoms with Gasteiger partial charge in [-0.25, -0.2) is 0 Å². The fourth-order valence-corrected chi connectivity index (χ4v) is 2.16. The summed E-state index contributed by atoms with van der Waals surface area (Å²) in [4.78, 5) is 11.6. The number of rotatable bonds is 4. The summed E-state index contributed by atoms with van der Waals surface area (Å²) in [5.41, 5.74) is 0.778. The fraction of sp³-hybridized carbons (Fsp3) is 0.417. The van der Waals surface area contributed by atoms with Crippen LogP contribution in [0.5, 0.6) is 0 Å². The molecule has 1 atom stereocenters. The molecule has 0 spiro atoms. The van der Waals surface area contributed by atoms with Crippen molar-refractivity contribution in [1.82, 2.24) is 0 Å². The molecule has 0 bridgehead atoms. The highest BCUT2D eigenvalue weighted by Gasteiger charge is 2.22. The van der Waals surface area contributed by atoms with Crippen LogP contribution < -0.4 is 0 Å². The second kappa shape index (κ2) is 6.12. The van der Waals surface area contributed by atoms with E-state index in [4.69, 9.17) is 27.9 Å². The van der Waals surface area contributed by atoms with Gasteiger partial charge in [-0.3, -0.25) is 4.79 Å². The Balaban J connectivity index is 3.05. The molecule has 0 fully saturated rings. The first-order valence-electron chi connectivity index (χ1n) is 5.13. The molecule has 0 aromatic heterocycles. The molecule has 0 saturated carbocycles. The summed E-state index contributed by atoms with van der Waals surface area (Å²) in [5.74, 6) is -0.564. The van der Waals surface area contributed by atoms with Gasteiger partial charge in [0.05, 0.1) is 13.0 Å². The van der Waals surface area contributed by atoms with Crippen LogP contribution >= 0.6 is 23.2 Å². The second-order valence-electron chi connectivity index (χ2n) is 3.53. The van der Waals surface area contributed by atoms with E-state index in [-0.39, 0.29) is 11.9 Å². The quantitative estimate of drug-likeness (QED) is 0.764. The molecule has 0 saturated heterocycles. The molecule has 16 heavy (non-hydrogen) atoms. The van der Waals surface area contributed by atoms with E-state index >= 15 is 0 Å². The molecule has 0 aliphatic carbocycles. The van der Waals surface area contributed by atoms with Gasteiger partial charge in [-0.15, -0.1) is 0 Å². The first-order chi connectivity index (χ1) is 7.60. The Morgan fingerprint density at radius 3 is 2.62 bits per heavy atom. The Bertz CT molecular complexity index is 377. The largest absolute Gasteiger partial charge is 0.469 e. The lowest BCUT2D eigenvalue weighted by atomic mass is 9.94. The molecular weight excluding hydrogens is 247 g/mol. The molecule has 0 aliphatic rings. The van der Waals surface area contributed by atoms with Gasteiger partial charge >= 0.3 is 5.97 Å². The molecule has 1 unspecified atom stereocenters. The minimum atomic E-state index is -0.306. The number of carbonyl (C=O) groups is 1. The zero-order valence-corrected chi connectivity index (χ0v) is 10.8. The highest BCUT2D eigenvalue weighted by molar-refractivity contribution is 6.35. The van der Waals surface area contributed by atoms with Gasteiger partial charge < -0.3 is 4.74 Å². The Labute approximate surface area is 106 Å². The maximum atomic E-state index is 11.6. The first kappa shape index (κ1) is 13.3. The molecule has 1 rings (SSSR count). The number of esters is 1. The van der Waals surface area contributed by atoms with Crippen molar-refractivity contribution in [2.24, 2.45) is 0 Å². The van der Waals surface area contributed by atoms with Crippen LogP contribution in [0.25, 0.3) is 0 Å². The topological polar surface area (TPSA) is 26.3 Å². The van der Waals surface area contributed by atoms with Crippen molar-refractivity contribution in [3.8, 4) is 0 Å². The lowest BCUT2D eigenvalue weighted by Gasteiger charge is -2.15. The Morgan fingerprint density at radius 1 is 1.44 bits per heavy atom. The molecule has 88 valence electrons. The maximum Gasteiger partial charge on any atom is 0.313 e. The van der Waals surface area contributed by atoms with Gasteiger partial charge in [0.15, 0.2) is 0 Å². The summed E-state index contributed by atoms with van der Waals surface area (Å²) < 4.78 is 4.77. The highest BCUT2D eigenvalue weighted by atomic mass is 35.5. The second-order valence-corrected chi connectivity index (χ2v) is 4.37. The molecule has 0 amide bonds. The van der Waals surface area contributed by atoms with Crippen molar-refractivity contribution in [2.45, 2.75) is 25.7 Å².